The Labute approximate surface area is 258 Å². The maximum Gasteiger partial charge on any atom is 0.243 e. The lowest BCUT2D eigenvalue weighted by atomic mass is 10.0. The van der Waals surface area contributed by atoms with Gasteiger partial charge in [0.1, 0.15) is 11.8 Å². The Bertz CT molecular complexity index is 1400. The number of halogens is 1. The lowest BCUT2D eigenvalue weighted by Gasteiger charge is -2.32. The fraction of sp³-hybridized carbons (Fsp3) is 0.375. The summed E-state index contributed by atoms with van der Waals surface area (Å²) in [4.78, 5) is 29.2. The number of carbonyl (C=O) groups is 2. The summed E-state index contributed by atoms with van der Waals surface area (Å²) >= 11 is 3.46. The SMILES string of the molecule is CC[C@H](C)NC(=O)[C@H](Cc1ccccc1)N(Cc1ccc(Br)cc1)C(=O)CCCN(c1ccc(OC)cc1)S(C)(=O)=O. The molecule has 0 aliphatic rings. The summed E-state index contributed by atoms with van der Waals surface area (Å²) in [6.07, 6.45) is 2.61. The molecule has 0 aliphatic carbocycles. The van der Waals surface area contributed by atoms with Gasteiger partial charge in [0.05, 0.1) is 19.1 Å². The third-order valence-electron chi connectivity index (χ3n) is 7.05. The highest BCUT2D eigenvalue weighted by Crippen LogP contribution is 2.23. The zero-order chi connectivity index (χ0) is 30.7. The number of nitrogens with zero attached hydrogens (tertiary/aromatic N) is 2. The summed E-state index contributed by atoms with van der Waals surface area (Å²) in [5.41, 5.74) is 2.32. The molecule has 0 bridgehead atoms. The van der Waals surface area contributed by atoms with Crippen LogP contribution in [0.1, 0.15) is 44.2 Å². The topological polar surface area (TPSA) is 96.0 Å². The molecule has 226 valence electrons. The number of rotatable bonds is 15. The van der Waals surface area contributed by atoms with Gasteiger partial charge in [0.25, 0.3) is 0 Å². The highest BCUT2D eigenvalue weighted by atomic mass is 79.9. The Balaban J connectivity index is 1.87. The van der Waals surface area contributed by atoms with E-state index < -0.39 is 16.1 Å². The van der Waals surface area contributed by atoms with Crippen molar-refractivity contribution in [2.75, 3.05) is 24.2 Å². The number of nitrogens with one attached hydrogen (secondary N) is 1. The molecular weight excluding hydrogens is 618 g/mol. The molecule has 0 saturated carbocycles. The first-order valence-electron chi connectivity index (χ1n) is 14.0. The zero-order valence-electron chi connectivity index (χ0n) is 24.6. The van der Waals surface area contributed by atoms with Crippen LogP contribution in [0.25, 0.3) is 0 Å². The second-order valence-corrected chi connectivity index (χ2v) is 13.1. The lowest BCUT2D eigenvalue weighted by Crippen LogP contribution is -2.52. The van der Waals surface area contributed by atoms with Crippen LogP contribution in [-0.4, -0.2) is 57.1 Å². The third kappa shape index (κ3) is 9.87. The molecule has 0 heterocycles. The molecule has 0 radical (unpaired) electrons. The smallest absolute Gasteiger partial charge is 0.243 e. The minimum atomic E-state index is -3.60. The molecule has 10 heteroatoms. The van der Waals surface area contributed by atoms with Crippen LogP contribution in [0.2, 0.25) is 0 Å². The van der Waals surface area contributed by atoms with E-state index in [2.05, 4.69) is 21.2 Å². The molecule has 0 aromatic heterocycles. The molecule has 0 fully saturated rings. The number of anilines is 1. The van der Waals surface area contributed by atoms with Gasteiger partial charge in [0.15, 0.2) is 0 Å². The average Bonchev–Trinajstić information content (AvgIpc) is 2.97. The molecule has 1 N–H and O–H groups in total. The average molecular weight is 659 g/mol. The monoisotopic (exact) mass is 657 g/mol. The van der Waals surface area contributed by atoms with Crippen LogP contribution >= 0.6 is 15.9 Å². The summed E-state index contributed by atoms with van der Waals surface area (Å²) in [7, 11) is -2.05. The predicted molar refractivity (Wildman–Crippen MR) is 171 cm³/mol. The third-order valence-corrected chi connectivity index (χ3v) is 8.77. The molecule has 2 amide bonds. The summed E-state index contributed by atoms with van der Waals surface area (Å²) in [6, 6.07) is 23.3. The summed E-state index contributed by atoms with van der Waals surface area (Å²) in [5.74, 6) is 0.182. The van der Waals surface area contributed by atoms with E-state index in [1.807, 2.05) is 68.4 Å². The van der Waals surface area contributed by atoms with Crippen LogP contribution in [-0.2, 0) is 32.6 Å². The number of amides is 2. The number of methoxy groups -OCH3 is 1. The largest absolute Gasteiger partial charge is 0.497 e. The standard InChI is InChI=1S/C32H40BrN3O5S/c1-5-24(2)34-32(38)30(22-25-10-7-6-8-11-25)35(23-26-13-15-27(33)16-14-26)31(37)12-9-21-36(42(4,39)40)28-17-19-29(41-3)20-18-28/h6-8,10-11,13-20,24,30H,5,9,12,21-23H2,1-4H3,(H,34,38)/t24-,30-/m0/s1. The molecule has 2 atom stereocenters. The van der Waals surface area contributed by atoms with E-state index in [4.69, 9.17) is 4.74 Å². The van der Waals surface area contributed by atoms with E-state index in [-0.39, 0.29) is 43.8 Å². The Morgan fingerprint density at radius 2 is 1.60 bits per heavy atom. The fourth-order valence-corrected chi connectivity index (χ4v) is 5.76. The first kappa shape index (κ1) is 33.1. The first-order valence-corrected chi connectivity index (χ1v) is 16.7. The normalized spacial score (nSPS) is 12.7. The van der Waals surface area contributed by atoms with Gasteiger partial charge in [-0.1, -0.05) is 65.3 Å². The minimum absolute atomic E-state index is 0.0479. The van der Waals surface area contributed by atoms with Gasteiger partial charge in [0.2, 0.25) is 21.8 Å². The van der Waals surface area contributed by atoms with Crippen LogP contribution in [0.4, 0.5) is 5.69 Å². The molecule has 0 saturated heterocycles. The van der Waals surface area contributed by atoms with E-state index in [9.17, 15) is 18.0 Å². The number of ether oxygens (including phenoxy) is 1. The molecule has 3 aromatic carbocycles. The van der Waals surface area contributed by atoms with E-state index >= 15 is 0 Å². The van der Waals surface area contributed by atoms with Crippen LogP contribution < -0.4 is 14.4 Å². The Kier molecular flexibility index (Phi) is 12.4. The van der Waals surface area contributed by atoms with E-state index in [1.165, 1.54) is 4.31 Å². The van der Waals surface area contributed by atoms with Crippen molar-refractivity contribution < 1.29 is 22.7 Å². The molecule has 42 heavy (non-hydrogen) atoms. The van der Waals surface area contributed by atoms with Crippen molar-refractivity contribution in [2.24, 2.45) is 0 Å². The number of hydrogen-bond donors (Lipinski definition) is 1. The number of sulfonamides is 1. The van der Waals surface area contributed by atoms with Crippen molar-refractivity contribution in [1.29, 1.82) is 0 Å². The van der Waals surface area contributed by atoms with Gasteiger partial charge < -0.3 is 15.0 Å². The molecule has 0 aliphatic heterocycles. The second kappa shape index (κ2) is 15.7. The van der Waals surface area contributed by atoms with Crippen molar-refractivity contribution in [3.05, 3.63) is 94.5 Å². The maximum atomic E-state index is 13.9. The summed E-state index contributed by atoms with van der Waals surface area (Å²) < 4.78 is 32.7. The number of benzene rings is 3. The van der Waals surface area contributed by atoms with Crippen molar-refractivity contribution in [3.63, 3.8) is 0 Å². The van der Waals surface area contributed by atoms with Gasteiger partial charge in [-0.25, -0.2) is 8.42 Å². The van der Waals surface area contributed by atoms with Crippen LogP contribution in [0.5, 0.6) is 5.75 Å². The van der Waals surface area contributed by atoms with Crippen molar-refractivity contribution in [1.82, 2.24) is 10.2 Å². The molecule has 0 unspecified atom stereocenters. The van der Waals surface area contributed by atoms with Crippen LogP contribution in [0.3, 0.4) is 0 Å². The molecule has 3 aromatic rings. The zero-order valence-corrected chi connectivity index (χ0v) is 27.0. The number of carbonyl (C=O) groups excluding carboxylic acids is 2. The van der Waals surface area contributed by atoms with Crippen molar-refractivity contribution in [3.8, 4) is 5.75 Å². The summed E-state index contributed by atoms with van der Waals surface area (Å²) in [5, 5.41) is 3.07. The first-order chi connectivity index (χ1) is 20.0. The maximum absolute atomic E-state index is 13.9. The molecular formula is C32H40BrN3O5S. The Hall–Kier alpha value is -3.37. The Morgan fingerprint density at radius 1 is 0.952 bits per heavy atom. The van der Waals surface area contributed by atoms with Gasteiger partial charge in [-0.2, -0.15) is 0 Å². The van der Waals surface area contributed by atoms with E-state index in [0.29, 0.717) is 17.9 Å². The Morgan fingerprint density at radius 3 is 2.17 bits per heavy atom. The fourth-order valence-electron chi connectivity index (χ4n) is 4.53. The van der Waals surface area contributed by atoms with Gasteiger partial charge in [0, 0.05) is 36.4 Å². The van der Waals surface area contributed by atoms with E-state index in [0.717, 1.165) is 28.3 Å². The highest BCUT2D eigenvalue weighted by molar-refractivity contribution is 9.10. The minimum Gasteiger partial charge on any atom is -0.497 e. The predicted octanol–water partition coefficient (Wildman–Crippen LogP) is 5.56. The van der Waals surface area contributed by atoms with E-state index in [1.54, 1.807) is 36.3 Å². The van der Waals surface area contributed by atoms with Gasteiger partial charge in [-0.3, -0.25) is 13.9 Å². The van der Waals surface area contributed by atoms with Crippen molar-refractivity contribution in [2.45, 2.75) is 58.2 Å². The lowest BCUT2D eigenvalue weighted by molar-refractivity contribution is -0.141. The van der Waals surface area contributed by atoms with Crippen LogP contribution in [0.15, 0.2) is 83.3 Å². The molecule has 8 nitrogen and oxygen atoms in total. The van der Waals surface area contributed by atoms with Gasteiger partial charge >= 0.3 is 0 Å². The second-order valence-electron chi connectivity index (χ2n) is 10.3. The highest BCUT2D eigenvalue weighted by Gasteiger charge is 2.31. The molecule has 3 rings (SSSR count). The van der Waals surface area contributed by atoms with Gasteiger partial charge in [-0.15, -0.1) is 0 Å². The quantitative estimate of drug-likeness (QED) is 0.231. The van der Waals surface area contributed by atoms with Gasteiger partial charge in [-0.05, 0) is 67.3 Å². The summed E-state index contributed by atoms with van der Waals surface area (Å²) in [6.45, 7) is 4.30. The van der Waals surface area contributed by atoms with Crippen molar-refractivity contribution >= 4 is 43.5 Å². The van der Waals surface area contributed by atoms with Crippen LogP contribution in [0, 0.1) is 0 Å². The molecule has 0 spiro atoms. The number of hydrogen-bond acceptors (Lipinski definition) is 5.